The maximum atomic E-state index is 6.33. The van der Waals surface area contributed by atoms with E-state index in [9.17, 15) is 0 Å². The summed E-state index contributed by atoms with van der Waals surface area (Å²) in [5.41, 5.74) is 8.79. The van der Waals surface area contributed by atoms with E-state index >= 15 is 0 Å². The van der Waals surface area contributed by atoms with Gasteiger partial charge < -0.3 is 5.73 Å². The van der Waals surface area contributed by atoms with Crippen LogP contribution in [-0.2, 0) is 25.9 Å². The van der Waals surface area contributed by atoms with Crippen molar-refractivity contribution in [1.29, 1.82) is 0 Å². The fraction of sp³-hybridized carbons (Fsp3) is 0.350. The number of fused-ring (bicyclic) bond motifs is 4. The molecule has 0 unspecified atom stereocenters. The second-order valence-electron chi connectivity index (χ2n) is 7.16. The Kier molecular flexibility index (Phi) is 4.30. The average Bonchev–Trinajstić information content (AvgIpc) is 3.21. The predicted molar refractivity (Wildman–Crippen MR) is 113 cm³/mol. The van der Waals surface area contributed by atoms with Crippen LogP contribution in [0.15, 0.2) is 24.3 Å². The molecule has 5 nitrogen and oxygen atoms in total. The van der Waals surface area contributed by atoms with Crippen LogP contribution in [0.25, 0.3) is 20.4 Å². The first-order chi connectivity index (χ1) is 13.2. The Hall–Kier alpha value is -2.09. The summed E-state index contributed by atoms with van der Waals surface area (Å²) in [5, 5.41) is 2.21. The molecular formula is C20H21N5S2. The Balaban J connectivity index is 1.38. The fourth-order valence-corrected chi connectivity index (χ4v) is 6.15. The maximum absolute atomic E-state index is 6.33. The minimum atomic E-state index is 0.641. The highest BCUT2D eigenvalue weighted by molar-refractivity contribution is 7.19. The molecule has 0 bridgehead atoms. The number of aryl methyl sites for hydroxylation is 2. The first kappa shape index (κ1) is 17.0. The summed E-state index contributed by atoms with van der Waals surface area (Å²) in [6, 6.07) is 8.26. The lowest BCUT2D eigenvalue weighted by molar-refractivity contribution is 0.311. The van der Waals surface area contributed by atoms with Crippen LogP contribution in [0.4, 0.5) is 5.82 Å². The molecule has 1 aromatic carbocycles. The van der Waals surface area contributed by atoms with Gasteiger partial charge >= 0.3 is 0 Å². The lowest BCUT2D eigenvalue weighted by Crippen LogP contribution is -2.19. The third-order valence-electron chi connectivity index (χ3n) is 5.04. The van der Waals surface area contributed by atoms with E-state index in [1.54, 1.807) is 22.7 Å². The Labute approximate surface area is 165 Å². The van der Waals surface area contributed by atoms with Crippen molar-refractivity contribution in [3.8, 4) is 0 Å². The summed E-state index contributed by atoms with van der Waals surface area (Å²) in [5.74, 6) is 1.44. The van der Waals surface area contributed by atoms with Gasteiger partial charge in [0.05, 0.1) is 28.7 Å². The molecule has 3 heterocycles. The number of nitrogens with two attached hydrogens (primary N) is 1. The number of hydrogen-bond donors (Lipinski definition) is 1. The summed E-state index contributed by atoms with van der Waals surface area (Å²) >= 11 is 3.55. The minimum Gasteiger partial charge on any atom is -0.383 e. The van der Waals surface area contributed by atoms with Crippen molar-refractivity contribution in [2.75, 3.05) is 12.8 Å². The monoisotopic (exact) mass is 395 g/mol. The van der Waals surface area contributed by atoms with Crippen LogP contribution in [0.5, 0.6) is 0 Å². The van der Waals surface area contributed by atoms with Crippen LogP contribution in [0, 0.1) is 0 Å². The van der Waals surface area contributed by atoms with Crippen LogP contribution >= 0.6 is 22.7 Å². The second kappa shape index (κ2) is 6.82. The van der Waals surface area contributed by atoms with E-state index in [0.29, 0.717) is 12.4 Å². The standard InChI is InChI=1S/C20H21N5S2/c1-25(11-17-22-13-7-3-5-9-15(13)26-17)10-16-23-19(21)18-12-6-2-4-8-14(12)27-20(18)24-16/h3,5,7,9H,2,4,6,8,10-11H2,1H3,(H2,21,23,24). The van der Waals surface area contributed by atoms with Crippen molar-refractivity contribution >= 4 is 48.9 Å². The number of thiazole rings is 1. The van der Waals surface area contributed by atoms with Crippen molar-refractivity contribution in [2.45, 2.75) is 38.8 Å². The van der Waals surface area contributed by atoms with Gasteiger partial charge in [-0.05, 0) is 50.4 Å². The molecule has 1 aliphatic rings. The number of para-hydroxylation sites is 1. The van der Waals surface area contributed by atoms with E-state index in [1.807, 2.05) is 6.07 Å². The van der Waals surface area contributed by atoms with Crippen LogP contribution < -0.4 is 5.73 Å². The fourth-order valence-electron chi connectivity index (χ4n) is 3.82. The van der Waals surface area contributed by atoms with Gasteiger partial charge in [-0.15, -0.1) is 22.7 Å². The van der Waals surface area contributed by atoms with Crippen molar-refractivity contribution in [3.05, 3.63) is 45.5 Å². The van der Waals surface area contributed by atoms with Crippen LogP contribution in [0.2, 0.25) is 0 Å². The third kappa shape index (κ3) is 3.20. The van der Waals surface area contributed by atoms with E-state index in [1.165, 1.54) is 28.0 Å². The number of rotatable bonds is 4. The van der Waals surface area contributed by atoms with Gasteiger partial charge in [0.25, 0.3) is 0 Å². The summed E-state index contributed by atoms with van der Waals surface area (Å²) in [7, 11) is 2.08. The lowest BCUT2D eigenvalue weighted by Gasteiger charge is -2.14. The van der Waals surface area contributed by atoms with Gasteiger partial charge in [-0.1, -0.05) is 12.1 Å². The molecule has 0 atom stereocenters. The first-order valence-corrected chi connectivity index (χ1v) is 10.9. The SMILES string of the molecule is CN(Cc1nc(N)c2c3c(sc2n1)CCCC3)Cc1nc2ccccc2s1. The number of thiophene rings is 1. The molecule has 1 aliphatic carbocycles. The van der Waals surface area contributed by atoms with Gasteiger partial charge in [-0.3, -0.25) is 4.90 Å². The summed E-state index contributed by atoms with van der Waals surface area (Å²) < 4.78 is 1.23. The zero-order valence-corrected chi connectivity index (χ0v) is 16.9. The van der Waals surface area contributed by atoms with Gasteiger partial charge in [-0.2, -0.15) is 0 Å². The quantitative estimate of drug-likeness (QED) is 0.555. The number of anilines is 1. The Morgan fingerprint density at radius 1 is 1.04 bits per heavy atom. The van der Waals surface area contributed by atoms with Crippen LogP contribution in [0.3, 0.4) is 0 Å². The van der Waals surface area contributed by atoms with Crippen LogP contribution in [-0.4, -0.2) is 26.9 Å². The van der Waals surface area contributed by atoms with E-state index in [4.69, 9.17) is 15.7 Å². The predicted octanol–water partition coefficient (Wildman–Crippen LogP) is 4.39. The summed E-state index contributed by atoms with van der Waals surface area (Å²) in [4.78, 5) is 18.9. The van der Waals surface area contributed by atoms with Crippen LogP contribution in [0.1, 0.15) is 34.1 Å². The zero-order valence-electron chi connectivity index (χ0n) is 15.2. The molecular weight excluding hydrogens is 374 g/mol. The molecule has 27 heavy (non-hydrogen) atoms. The molecule has 0 amide bonds. The highest BCUT2D eigenvalue weighted by atomic mass is 32.1. The molecule has 4 aromatic rings. The highest BCUT2D eigenvalue weighted by Gasteiger charge is 2.20. The molecule has 138 valence electrons. The number of hydrogen-bond acceptors (Lipinski definition) is 7. The van der Waals surface area contributed by atoms with Crippen molar-refractivity contribution in [1.82, 2.24) is 19.9 Å². The smallest absolute Gasteiger partial charge is 0.146 e. The minimum absolute atomic E-state index is 0.641. The van der Waals surface area contributed by atoms with Gasteiger partial charge in [0.15, 0.2) is 0 Å². The molecule has 7 heteroatoms. The van der Waals surface area contributed by atoms with E-state index in [2.05, 4.69) is 35.1 Å². The lowest BCUT2D eigenvalue weighted by atomic mass is 9.97. The number of nitrogen functional groups attached to an aromatic ring is 1. The Morgan fingerprint density at radius 3 is 2.78 bits per heavy atom. The molecule has 3 aromatic heterocycles. The summed E-state index contributed by atoms with van der Waals surface area (Å²) in [6.45, 7) is 1.44. The largest absolute Gasteiger partial charge is 0.383 e. The molecule has 0 aliphatic heterocycles. The third-order valence-corrected chi connectivity index (χ3v) is 7.25. The van der Waals surface area contributed by atoms with Crippen molar-refractivity contribution < 1.29 is 0 Å². The first-order valence-electron chi connectivity index (χ1n) is 9.27. The topological polar surface area (TPSA) is 67.9 Å². The molecule has 0 fully saturated rings. The average molecular weight is 396 g/mol. The molecule has 2 N–H and O–H groups in total. The van der Waals surface area contributed by atoms with Gasteiger partial charge in [0.1, 0.15) is 21.5 Å². The molecule has 0 radical (unpaired) electrons. The Bertz CT molecular complexity index is 1100. The number of nitrogens with zero attached hydrogens (tertiary/aromatic N) is 4. The number of aromatic nitrogens is 3. The summed E-state index contributed by atoms with van der Waals surface area (Å²) in [6.07, 6.45) is 4.78. The Morgan fingerprint density at radius 2 is 1.89 bits per heavy atom. The zero-order chi connectivity index (χ0) is 18.4. The van der Waals surface area contributed by atoms with E-state index in [-0.39, 0.29) is 0 Å². The van der Waals surface area contributed by atoms with E-state index in [0.717, 1.165) is 46.0 Å². The van der Waals surface area contributed by atoms with Gasteiger partial charge in [0.2, 0.25) is 0 Å². The normalized spacial score (nSPS) is 14.3. The van der Waals surface area contributed by atoms with E-state index < -0.39 is 0 Å². The second-order valence-corrected chi connectivity index (χ2v) is 9.36. The molecule has 5 rings (SSSR count). The maximum Gasteiger partial charge on any atom is 0.146 e. The molecule has 0 saturated heterocycles. The van der Waals surface area contributed by atoms with Gasteiger partial charge in [-0.25, -0.2) is 15.0 Å². The molecule has 0 spiro atoms. The highest BCUT2D eigenvalue weighted by Crippen LogP contribution is 2.37. The van der Waals surface area contributed by atoms with Crippen molar-refractivity contribution in [3.63, 3.8) is 0 Å². The number of benzene rings is 1. The van der Waals surface area contributed by atoms with Crippen molar-refractivity contribution in [2.24, 2.45) is 0 Å². The van der Waals surface area contributed by atoms with Gasteiger partial charge in [0, 0.05) is 4.88 Å². The molecule has 0 saturated carbocycles.